The number of nitrogen functional groups attached to an aromatic ring is 1. The van der Waals surface area contributed by atoms with Gasteiger partial charge in [0.15, 0.2) is 0 Å². The number of aliphatic hydroxyl groups excluding tert-OH is 1. The van der Waals surface area contributed by atoms with Gasteiger partial charge in [-0.25, -0.2) is 4.68 Å². The molecule has 4 rings (SSSR count). The molecule has 0 bridgehead atoms. The van der Waals surface area contributed by atoms with Crippen molar-refractivity contribution in [2.75, 3.05) is 5.73 Å². The van der Waals surface area contributed by atoms with E-state index in [4.69, 9.17) is 81.2 Å². The summed E-state index contributed by atoms with van der Waals surface area (Å²) in [4.78, 5) is 0. The molecule has 0 aliphatic heterocycles. The fourth-order valence-corrected chi connectivity index (χ4v) is 5.21. The third-order valence-corrected chi connectivity index (χ3v) is 7.58. The average Bonchev–Trinajstić information content (AvgIpc) is 3.42. The van der Waals surface area contributed by atoms with Crippen molar-refractivity contribution < 1.29 is 44.6 Å². The van der Waals surface area contributed by atoms with Crippen LogP contribution >= 0.6 is 69.6 Å². The van der Waals surface area contributed by atoms with Gasteiger partial charge in [-0.1, -0.05) is 80.0 Å². The molecule has 1 atom stereocenters. The second-order valence-corrected chi connectivity index (χ2v) is 11.2. The van der Waals surface area contributed by atoms with Gasteiger partial charge >= 0.3 is 18.5 Å². The lowest BCUT2D eigenvalue weighted by Crippen LogP contribution is -2.09. The molecule has 23 heteroatoms. The van der Waals surface area contributed by atoms with Gasteiger partial charge in [0.05, 0.1) is 70.5 Å². The summed E-state index contributed by atoms with van der Waals surface area (Å²) in [5.41, 5.74) is 1.70. The van der Waals surface area contributed by atoms with Crippen LogP contribution in [-0.2, 0) is 18.5 Å². The quantitative estimate of drug-likeness (QED) is 0.0624. The SMILES string of the molecule is CC(O)c1cn(-c2ccc(Cl)c(C(F)(F)F)c2Cl)nn1.NN=Nc1ccc(Cl)c(C(F)(F)F)c1Cl.Nc1ccc(Cl)c(C(F)(F)F)c1Cl. The molecule has 0 saturated carbocycles. The van der Waals surface area contributed by atoms with E-state index in [9.17, 15) is 44.6 Å². The van der Waals surface area contributed by atoms with Crippen LogP contribution in [0.3, 0.4) is 0 Å². The van der Waals surface area contributed by atoms with Gasteiger partial charge in [0.1, 0.15) is 11.4 Å². The van der Waals surface area contributed by atoms with E-state index in [-0.39, 0.29) is 22.8 Å². The van der Waals surface area contributed by atoms with Crippen molar-refractivity contribution >= 4 is 81.0 Å². The molecule has 8 nitrogen and oxygen atoms in total. The molecule has 0 aliphatic carbocycles. The molecule has 1 aromatic heterocycles. The van der Waals surface area contributed by atoms with Crippen LogP contribution in [0.5, 0.6) is 0 Å². The Balaban J connectivity index is 0.000000257. The summed E-state index contributed by atoms with van der Waals surface area (Å²) in [6.07, 6.45) is -13.5. The van der Waals surface area contributed by atoms with Crippen LogP contribution in [0, 0.1) is 0 Å². The largest absolute Gasteiger partial charge is 0.419 e. The van der Waals surface area contributed by atoms with Crippen LogP contribution in [-0.4, -0.2) is 20.1 Å². The first-order valence-corrected chi connectivity index (χ1v) is 14.3. The average molecular weight is 814 g/mol. The van der Waals surface area contributed by atoms with Crippen LogP contribution < -0.4 is 11.6 Å². The zero-order chi connectivity index (χ0) is 36.9. The van der Waals surface area contributed by atoms with Gasteiger partial charge in [-0.2, -0.15) is 39.5 Å². The summed E-state index contributed by atoms with van der Waals surface area (Å²) in [5.74, 6) is 4.71. The van der Waals surface area contributed by atoms with Crippen molar-refractivity contribution in [3.63, 3.8) is 0 Å². The fraction of sp³-hybridized carbons (Fsp3) is 0.200. The first kappa shape index (κ1) is 41.2. The summed E-state index contributed by atoms with van der Waals surface area (Å²) < 4.78 is 114. The highest BCUT2D eigenvalue weighted by Gasteiger charge is 2.38. The van der Waals surface area contributed by atoms with Crippen molar-refractivity contribution in [1.29, 1.82) is 0 Å². The maximum atomic E-state index is 12.9. The van der Waals surface area contributed by atoms with Crippen molar-refractivity contribution in [3.05, 3.63) is 95.1 Å². The molecular formula is C25H16Cl6F9N7O. The third-order valence-electron chi connectivity index (χ3n) is 5.46. The molecule has 0 radical (unpaired) electrons. The van der Waals surface area contributed by atoms with E-state index in [1.54, 1.807) is 0 Å². The molecule has 0 aliphatic rings. The lowest BCUT2D eigenvalue weighted by Gasteiger charge is -2.13. The van der Waals surface area contributed by atoms with E-state index < -0.39 is 71.5 Å². The van der Waals surface area contributed by atoms with Gasteiger partial charge in [0, 0.05) is 0 Å². The Morgan fingerprint density at radius 2 is 1.15 bits per heavy atom. The number of alkyl halides is 9. The normalized spacial score (nSPS) is 12.7. The lowest BCUT2D eigenvalue weighted by molar-refractivity contribution is -0.138. The second kappa shape index (κ2) is 16.2. The van der Waals surface area contributed by atoms with E-state index in [1.807, 2.05) is 0 Å². The number of rotatable bonds is 3. The number of hydrogen-bond acceptors (Lipinski definition) is 6. The number of benzene rings is 3. The molecule has 4 aromatic rings. The molecule has 1 heterocycles. The van der Waals surface area contributed by atoms with Gasteiger partial charge in [0.2, 0.25) is 0 Å². The van der Waals surface area contributed by atoms with Crippen molar-refractivity contribution in [3.8, 4) is 5.69 Å². The van der Waals surface area contributed by atoms with Crippen LogP contribution in [0.15, 0.2) is 52.9 Å². The molecular weight excluding hydrogens is 798 g/mol. The van der Waals surface area contributed by atoms with Crippen molar-refractivity contribution in [1.82, 2.24) is 15.0 Å². The number of aliphatic hydroxyl groups is 1. The van der Waals surface area contributed by atoms with Crippen LogP contribution in [0.2, 0.25) is 30.1 Å². The maximum Gasteiger partial charge on any atom is 0.419 e. The fourth-order valence-electron chi connectivity index (χ4n) is 3.33. The maximum absolute atomic E-state index is 12.9. The minimum atomic E-state index is -4.68. The van der Waals surface area contributed by atoms with Crippen molar-refractivity contribution in [2.24, 2.45) is 16.2 Å². The Kier molecular flexibility index (Phi) is 13.9. The molecule has 262 valence electrons. The molecule has 0 spiro atoms. The minimum Gasteiger partial charge on any atom is -0.398 e. The Hall–Kier alpha value is -2.93. The number of nitrogens with zero attached hydrogens (tertiary/aromatic N) is 5. The van der Waals surface area contributed by atoms with Crippen molar-refractivity contribution in [2.45, 2.75) is 31.6 Å². The second-order valence-electron chi connectivity index (χ2n) is 8.81. The summed E-state index contributed by atoms with van der Waals surface area (Å²) in [7, 11) is 0. The molecule has 48 heavy (non-hydrogen) atoms. The summed E-state index contributed by atoms with van der Waals surface area (Å²) in [6.45, 7) is 1.46. The van der Waals surface area contributed by atoms with Crippen LogP contribution in [0.25, 0.3) is 5.69 Å². The molecule has 5 N–H and O–H groups in total. The molecule has 0 fully saturated rings. The van der Waals surface area contributed by atoms with Gasteiger partial charge in [-0.15, -0.1) is 10.2 Å². The Morgan fingerprint density at radius 3 is 1.56 bits per heavy atom. The topological polar surface area (TPSA) is 128 Å². The minimum absolute atomic E-state index is 0.0252. The monoisotopic (exact) mass is 811 g/mol. The number of anilines is 1. The number of nitrogens with two attached hydrogens (primary N) is 2. The Morgan fingerprint density at radius 1 is 0.708 bits per heavy atom. The highest BCUT2D eigenvalue weighted by Crippen LogP contribution is 2.45. The first-order valence-electron chi connectivity index (χ1n) is 12.1. The Bertz CT molecular complexity index is 1780. The van der Waals surface area contributed by atoms with E-state index in [1.165, 1.54) is 31.3 Å². The predicted molar refractivity (Wildman–Crippen MR) is 163 cm³/mol. The van der Waals surface area contributed by atoms with E-state index >= 15 is 0 Å². The molecule has 0 amide bonds. The lowest BCUT2D eigenvalue weighted by atomic mass is 10.2. The summed E-state index contributed by atoms with van der Waals surface area (Å²) >= 11 is 32.8. The van der Waals surface area contributed by atoms with E-state index in [2.05, 4.69) is 20.6 Å². The zero-order valence-electron chi connectivity index (χ0n) is 23.1. The molecule has 0 saturated heterocycles. The number of hydrogen-bond donors (Lipinski definition) is 3. The molecule has 1 unspecified atom stereocenters. The smallest absolute Gasteiger partial charge is 0.398 e. The highest BCUT2D eigenvalue weighted by atomic mass is 35.5. The number of aromatic nitrogens is 3. The van der Waals surface area contributed by atoms with E-state index in [0.717, 1.165) is 22.9 Å². The van der Waals surface area contributed by atoms with Gasteiger partial charge in [-0.3, -0.25) is 0 Å². The number of halogens is 15. The summed E-state index contributed by atoms with van der Waals surface area (Å²) in [6, 6.07) is 6.87. The highest BCUT2D eigenvalue weighted by molar-refractivity contribution is 6.38. The van der Waals surface area contributed by atoms with Crippen LogP contribution in [0.4, 0.5) is 50.9 Å². The summed E-state index contributed by atoms with van der Waals surface area (Å²) in [5, 5.41) is 19.5. The first-order chi connectivity index (χ1) is 21.9. The standard InChI is InChI=1S/C11H8Cl2F3N3O.C7H4Cl2F3N3.C7H4Cl2F3N/c1-5(20)7-4-19(18-17-7)8-3-2-6(12)9(10(8)13)11(14,15)16;8-3-1-2-4(14-15-13)6(9)5(3)7(10,11)12;8-3-1-2-4(13)6(9)5(3)7(10,11)12/h2-5,20H,1H3;1-2H,(H2,13,14);1-2H,13H2. The predicted octanol–water partition coefficient (Wildman–Crippen LogP) is 11.2. The van der Waals surface area contributed by atoms with E-state index in [0.29, 0.717) is 0 Å². The third kappa shape index (κ3) is 10.3. The van der Waals surface area contributed by atoms with Gasteiger partial charge in [-0.05, 0) is 43.3 Å². The van der Waals surface area contributed by atoms with Crippen LogP contribution in [0.1, 0.15) is 35.4 Å². The zero-order valence-corrected chi connectivity index (χ0v) is 27.7. The molecule has 3 aromatic carbocycles. The van der Waals surface area contributed by atoms with Gasteiger partial charge in [0.25, 0.3) is 0 Å². The van der Waals surface area contributed by atoms with Gasteiger partial charge < -0.3 is 16.7 Å². The Labute approximate surface area is 293 Å².